The molecular formula is C22H30O3. The highest BCUT2D eigenvalue weighted by atomic mass is 16.5. The molecule has 25 heavy (non-hydrogen) atoms. The topological polar surface area (TPSA) is 35.5 Å². The third kappa shape index (κ3) is 3.12. The molecule has 4 atom stereocenters. The van der Waals surface area contributed by atoms with Gasteiger partial charge in [0, 0.05) is 13.0 Å². The summed E-state index contributed by atoms with van der Waals surface area (Å²) in [5, 5.41) is 0. The molecule has 3 unspecified atom stereocenters. The number of carbonyl (C=O) groups excluding carboxylic acids is 1. The van der Waals surface area contributed by atoms with E-state index in [0.717, 1.165) is 24.9 Å². The number of carbonyl (C=O) groups is 1. The summed E-state index contributed by atoms with van der Waals surface area (Å²) >= 11 is 0. The first-order valence-electron chi connectivity index (χ1n) is 10.0. The first-order valence-corrected chi connectivity index (χ1v) is 10.0. The Kier molecular flexibility index (Phi) is 4.61. The summed E-state index contributed by atoms with van der Waals surface area (Å²) in [5.41, 5.74) is 4.50. The number of hydrogen-bond donors (Lipinski definition) is 0. The van der Waals surface area contributed by atoms with Crippen LogP contribution in [0.2, 0.25) is 0 Å². The molecule has 1 aromatic rings. The fraction of sp³-hybridized carbons (Fsp3) is 0.682. The molecule has 2 fully saturated rings. The molecule has 0 spiro atoms. The van der Waals surface area contributed by atoms with Crippen LogP contribution in [0, 0.1) is 11.8 Å². The van der Waals surface area contributed by atoms with Crippen LogP contribution in [-0.2, 0) is 27.1 Å². The molecule has 0 aromatic heterocycles. The van der Waals surface area contributed by atoms with Gasteiger partial charge in [-0.3, -0.25) is 4.79 Å². The van der Waals surface area contributed by atoms with Crippen LogP contribution in [0.3, 0.4) is 0 Å². The smallest absolute Gasteiger partial charge is 0.306 e. The fourth-order valence-corrected chi connectivity index (χ4v) is 5.68. The number of rotatable bonds is 4. The molecule has 3 heteroatoms. The minimum atomic E-state index is -0.0897. The zero-order valence-electron chi connectivity index (χ0n) is 15.6. The van der Waals surface area contributed by atoms with Gasteiger partial charge in [0.05, 0.1) is 12.2 Å². The molecule has 1 saturated carbocycles. The summed E-state index contributed by atoms with van der Waals surface area (Å²) in [7, 11) is 0. The van der Waals surface area contributed by atoms with Crippen molar-refractivity contribution in [2.45, 2.75) is 70.3 Å². The second-order valence-corrected chi connectivity index (χ2v) is 8.24. The molecule has 136 valence electrons. The van der Waals surface area contributed by atoms with E-state index in [0.29, 0.717) is 18.9 Å². The molecule has 3 aliphatic rings. The van der Waals surface area contributed by atoms with Gasteiger partial charge in [0.1, 0.15) is 0 Å². The number of hydrogen-bond acceptors (Lipinski definition) is 3. The summed E-state index contributed by atoms with van der Waals surface area (Å²) in [6.07, 6.45) is 7.43. The van der Waals surface area contributed by atoms with Crippen LogP contribution < -0.4 is 0 Å². The van der Waals surface area contributed by atoms with Crippen molar-refractivity contribution in [2.75, 3.05) is 13.2 Å². The van der Waals surface area contributed by atoms with E-state index in [1.54, 1.807) is 5.56 Å². The fourth-order valence-electron chi connectivity index (χ4n) is 5.68. The molecule has 1 saturated heterocycles. The Morgan fingerprint density at radius 2 is 2.20 bits per heavy atom. The number of esters is 1. The zero-order valence-corrected chi connectivity index (χ0v) is 15.6. The average molecular weight is 342 g/mol. The van der Waals surface area contributed by atoms with Crippen LogP contribution in [0.15, 0.2) is 18.2 Å². The normalized spacial score (nSPS) is 33.3. The lowest BCUT2D eigenvalue weighted by atomic mass is 9.58. The van der Waals surface area contributed by atoms with E-state index < -0.39 is 0 Å². The maximum Gasteiger partial charge on any atom is 0.306 e. The van der Waals surface area contributed by atoms with Crippen molar-refractivity contribution in [3.63, 3.8) is 0 Å². The van der Waals surface area contributed by atoms with Crippen LogP contribution in [0.5, 0.6) is 0 Å². The molecule has 1 aliphatic heterocycles. The molecule has 4 rings (SSSR count). The second-order valence-electron chi connectivity index (χ2n) is 8.24. The monoisotopic (exact) mass is 342 g/mol. The van der Waals surface area contributed by atoms with E-state index in [9.17, 15) is 4.79 Å². The number of aryl methyl sites for hydroxylation is 2. The van der Waals surface area contributed by atoms with Gasteiger partial charge in [0.25, 0.3) is 0 Å². The Morgan fingerprint density at radius 3 is 3.04 bits per heavy atom. The van der Waals surface area contributed by atoms with Crippen LogP contribution in [0.25, 0.3) is 0 Å². The minimum absolute atomic E-state index is 0.0897. The second kappa shape index (κ2) is 6.75. The van der Waals surface area contributed by atoms with Crippen LogP contribution >= 0.6 is 0 Å². The molecule has 0 radical (unpaired) electrons. The van der Waals surface area contributed by atoms with Crippen LogP contribution in [0.4, 0.5) is 0 Å². The van der Waals surface area contributed by atoms with Crippen molar-refractivity contribution in [3.8, 4) is 0 Å². The maximum atomic E-state index is 11.6. The van der Waals surface area contributed by atoms with Crippen LogP contribution in [-0.4, -0.2) is 24.8 Å². The molecule has 3 nitrogen and oxygen atoms in total. The Bertz CT molecular complexity index is 653. The molecule has 1 heterocycles. The van der Waals surface area contributed by atoms with Gasteiger partial charge in [-0.05, 0) is 86.8 Å². The van der Waals surface area contributed by atoms with Gasteiger partial charge in [-0.15, -0.1) is 0 Å². The van der Waals surface area contributed by atoms with Gasteiger partial charge in [-0.2, -0.15) is 0 Å². The Balaban J connectivity index is 1.49. The molecule has 2 aliphatic carbocycles. The van der Waals surface area contributed by atoms with Gasteiger partial charge in [0.15, 0.2) is 0 Å². The van der Waals surface area contributed by atoms with Gasteiger partial charge < -0.3 is 9.47 Å². The quantitative estimate of drug-likeness (QED) is 0.760. The van der Waals surface area contributed by atoms with Gasteiger partial charge >= 0.3 is 5.97 Å². The van der Waals surface area contributed by atoms with E-state index >= 15 is 0 Å². The third-order valence-electron chi connectivity index (χ3n) is 6.91. The Morgan fingerprint density at radius 1 is 1.32 bits per heavy atom. The largest absolute Gasteiger partial charge is 0.466 e. The summed E-state index contributed by atoms with van der Waals surface area (Å²) in [5.74, 6) is 2.15. The van der Waals surface area contributed by atoms with E-state index in [2.05, 4.69) is 25.1 Å². The lowest BCUT2D eigenvalue weighted by Gasteiger charge is -2.48. The van der Waals surface area contributed by atoms with Crippen molar-refractivity contribution >= 4 is 5.97 Å². The highest BCUT2D eigenvalue weighted by Crippen LogP contribution is 2.55. The summed E-state index contributed by atoms with van der Waals surface area (Å²) in [4.78, 5) is 11.6. The van der Waals surface area contributed by atoms with Crippen molar-refractivity contribution in [1.29, 1.82) is 0 Å². The molecule has 0 bridgehead atoms. The van der Waals surface area contributed by atoms with Gasteiger partial charge in [-0.1, -0.05) is 18.2 Å². The maximum absolute atomic E-state index is 11.6. The van der Waals surface area contributed by atoms with E-state index in [1.165, 1.54) is 43.2 Å². The predicted molar refractivity (Wildman–Crippen MR) is 97.6 cm³/mol. The lowest BCUT2D eigenvalue weighted by molar-refractivity contribution is -0.143. The highest BCUT2D eigenvalue weighted by molar-refractivity contribution is 5.69. The van der Waals surface area contributed by atoms with E-state index in [-0.39, 0.29) is 11.6 Å². The first kappa shape index (κ1) is 17.1. The van der Waals surface area contributed by atoms with Crippen molar-refractivity contribution in [1.82, 2.24) is 0 Å². The molecule has 1 aromatic carbocycles. The average Bonchev–Trinajstić information content (AvgIpc) is 3.01. The first-order chi connectivity index (χ1) is 12.1. The minimum Gasteiger partial charge on any atom is -0.466 e. The van der Waals surface area contributed by atoms with Gasteiger partial charge in [0.2, 0.25) is 0 Å². The lowest BCUT2D eigenvalue weighted by Crippen LogP contribution is -2.44. The Hall–Kier alpha value is -1.35. The summed E-state index contributed by atoms with van der Waals surface area (Å²) in [6.45, 7) is 5.62. The standard InChI is InChI=1S/C22H30O3/c1-3-24-21(23)9-5-15-4-7-17-16(14-15)6-8-19-18(17)10-12-22(2)20(19)11-13-25-22/h4,7,14,18-20H,3,5-6,8-13H2,1-2H3/t18?,19?,20?,22-/m0/s1. The summed E-state index contributed by atoms with van der Waals surface area (Å²) < 4.78 is 11.2. The molecular weight excluding hydrogens is 312 g/mol. The van der Waals surface area contributed by atoms with Crippen molar-refractivity contribution in [3.05, 3.63) is 34.9 Å². The summed E-state index contributed by atoms with van der Waals surface area (Å²) in [6, 6.07) is 6.94. The SMILES string of the molecule is CCOC(=O)CCc1ccc2c(c1)CCC1C2CC[C@]2(C)OCCC12. The molecule has 0 amide bonds. The number of fused-ring (bicyclic) bond motifs is 5. The van der Waals surface area contributed by atoms with E-state index in [1.807, 2.05) is 6.92 Å². The van der Waals surface area contributed by atoms with Crippen LogP contribution in [0.1, 0.15) is 68.6 Å². The Labute approximate surface area is 151 Å². The predicted octanol–water partition coefficient (Wildman–Crippen LogP) is 4.42. The number of ether oxygens (including phenoxy) is 2. The molecule has 0 N–H and O–H groups in total. The highest BCUT2D eigenvalue weighted by Gasteiger charge is 2.51. The van der Waals surface area contributed by atoms with Crippen molar-refractivity contribution in [2.24, 2.45) is 11.8 Å². The van der Waals surface area contributed by atoms with Gasteiger partial charge in [-0.25, -0.2) is 0 Å². The number of benzene rings is 1. The van der Waals surface area contributed by atoms with E-state index in [4.69, 9.17) is 9.47 Å². The van der Waals surface area contributed by atoms with Crippen molar-refractivity contribution < 1.29 is 14.3 Å². The zero-order chi connectivity index (χ0) is 17.4. The third-order valence-corrected chi connectivity index (χ3v) is 6.91.